The molecule has 0 unspecified atom stereocenters. The van der Waals surface area contributed by atoms with Crippen LogP contribution in [0.5, 0.6) is 0 Å². The Labute approximate surface area is 153 Å². The fraction of sp³-hybridized carbons (Fsp3) is 0.333. The van der Waals surface area contributed by atoms with Gasteiger partial charge in [-0.25, -0.2) is 9.97 Å². The van der Waals surface area contributed by atoms with E-state index in [-0.39, 0.29) is 11.5 Å². The number of carbonyl (C=O) groups is 2. The first-order valence-corrected chi connectivity index (χ1v) is 7.93. The molecular formula is C18H18F3N3O3. The van der Waals surface area contributed by atoms with Crippen molar-refractivity contribution in [3.63, 3.8) is 0 Å². The van der Waals surface area contributed by atoms with Crippen molar-refractivity contribution in [2.45, 2.75) is 39.1 Å². The maximum Gasteiger partial charge on any atom is 0.451 e. The summed E-state index contributed by atoms with van der Waals surface area (Å²) in [7, 11) is 0. The van der Waals surface area contributed by atoms with Crippen molar-refractivity contribution in [1.82, 2.24) is 15.3 Å². The summed E-state index contributed by atoms with van der Waals surface area (Å²) >= 11 is 0. The Hall–Kier alpha value is -2.97. The van der Waals surface area contributed by atoms with Crippen LogP contribution in [0.1, 0.15) is 42.5 Å². The number of nitrogens with one attached hydrogen (secondary N) is 1. The van der Waals surface area contributed by atoms with Gasteiger partial charge in [0.1, 0.15) is 5.60 Å². The quantitative estimate of drug-likeness (QED) is 0.807. The van der Waals surface area contributed by atoms with Gasteiger partial charge < -0.3 is 10.1 Å². The van der Waals surface area contributed by atoms with Gasteiger partial charge in [0.25, 0.3) is 12.4 Å². The van der Waals surface area contributed by atoms with Gasteiger partial charge in [-0.1, -0.05) is 6.07 Å². The Kier molecular flexibility index (Phi) is 5.82. The Bertz CT molecular complexity index is 828. The zero-order chi connectivity index (χ0) is 20.2. The third-order valence-electron chi connectivity index (χ3n) is 3.43. The lowest BCUT2D eigenvalue weighted by atomic mass is 10.0. The van der Waals surface area contributed by atoms with Crippen LogP contribution in [0.15, 0.2) is 30.6 Å². The van der Waals surface area contributed by atoms with E-state index in [0.717, 1.165) is 18.0 Å². The van der Waals surface area contributed by atoms with Crippen molar-refractivity contribution in [3.8, 4) is 11.1 Å². The van der Waals surface area contributed by atoms with E-state index in [1.165, 1.54) is 0 Å². The molecule has 0 aliphatic carbocycles. The summed E-state index contributed by atoms with van der Waals surface area (Å²) < 4.78 is 41.7. The standard InChI is InChI=1S/C13H8F3N3O.C5H10O2/c14-13(15,16)12-18-5-9(6-19-12)7-1-2-10-8(3-7)4-17-11(10)20;1-5(2,3)7-4-6/h1-3,5-6H,4H2,(H,17,20);4H,1-3H3. The summed E-state index contributed by atoms with van der Waals surface area (Å²) in [6.07, 6.45) is -2.30. The van der Waals surface area contributed by atoms with E-state index in [1.807, 2.05) is 20.8 Å². The molecule has 144 valence electrons. The molecule has 6 nitrogen and oxygen atoms in total. The monoisotopic (exact) mass is 381 g/mol. The van der Waals surface area contributed by atoms with Crippen molar-refractivity contribution < 1.29 is 27.5 Å². The van der Waals surface area contributed by atoms with Crippen molar-refractivity contribution in [2.75, 3.05) is 0 Å². The molecule has 1 N–H and O–H groups in total. The lowest BCUT2D eigenvalue weighted by molar-refractivity contribution is -0.145. The van der Waals surface area contributed by atoms with Gasteiger partial charge in [0, 0.05) is 30.1 Å². The average molecular weight is 381 g/mol. The maximum absolute atomic E-state index is 12.4. The van der Waals surface area contributed by atoms with Gasteiger partial charge in [-0.3, -0.25) is 9.59 Å². The van der Waals surface area contributed by atoms with Crippen LogP contribution in [0, 0.1) is 0 Å². The van der Waals surface area contributed by atoms with E-state index in [0.29, 0.717) is 29.7 Å². The molecule has 2 heterocycles. The van der Waals surface area contributed by atoms with Crippen LogP contribution < -0.4 is 5.32 Å². The van der Waals surface area contributed by atoms with E-state index < -0.39 is 12.0 Å². The highest BCUT2D eigenvalue weighted by molar-refractivity contribution is 5.98. The Morgan fingerprint density at radius 1 is 1.11 bits per heavy atom. The highest BCUT2D eigenvalue weighted by atomic mass is 19.4. The SMILES string of the molecule is CC(C)(C)OC=O.O=C1NCc2cc(-c3cnc(C(F)(F)F)nc3)ccc21. The van der Waals surface area contributed by atoms with E-state index in [4.69, 9.17) is 0 Å². The minimum atomic E-state index is -4.55. The van der Waals surface area contributed by atoms with Crippen molar-refractivity contribution >= 4 is 12.4 Å². The Morgan fingerprint density at radius 3 is 2.22 bits per heavy atom. The van der Waals surface area contributed by atoms with E-state index >= 15 is 0 Å². The number of alkyl halides is 3. The molecule has 0 radical (unpaired) electrons. The van der Waals surface area contributed by atoms with Crippen LogP contribution in [0.4, 0.5) is 13.2 Å². The first-order valence-electron chi connectivity index (χ1n) is 7.93. The van der Waals surface area contributed by atoms with Gasteiger partial charge in [0.05, 0.1) is 0 Å². The van der Waals surface area contributed by atoms with Gasteiger partial charge in [-0.15, -0.1) is 0 Å². The molecule has 1 amide bonds. The average Bonchev–Trinajstić information content (AvgIpc) is 2.94. The van der Waals surface area contributed by atoms with Gasteiger partial charge in [-0.05, 0) is 44.0 Å². The van der Waals surface area contributed by atoms with Crippen molar-refractivity contribution in [1.29, 1.82) is 0 Å². The summed E-state index contributed by atoms with van der Waals surface area (Å²) in [5.41, 5.74) is 2.23. The second kappa shape index (κ2) is 7.73. The second-order valence-electron chi connectivity index (χ2n) is 6.67. The van der Waals surface area contributed by atoms with E-state index in [2.05, 4.69) is 20.0 Å². The van der Waals surface area contributed by atoms with Crippen LogP contribution >= 0.6 is 0 Å². The first kappa shape index (κ1) is 20.3. The third-order valence-corrected chi connectivity index (χ3v) is 3.43. The number of amides is 1. The number of aromatic nitrogens is 2. The molecule has 0 saturated heterocycles. The summed E-state index contributed by atoms with van der Waals surface area (Å²) in [4.78, 5) is 27.6. The van der Waals surface area contributed by atoms with Gasteiger partial charge >= 0.3 is 6.18 Å². The van der Waals surface area contributed by atoms with Crippen LogP contribution in [0.25, 0.3) is 11.1 Å². The predicted molar refractivity (Wildman–Crippen MR) is 90.5 cm³/mol. The number of benzene rings is 1. The number of rotatable bonds is 2. The molecule has 0 bridgehead atoms. The van der Waals surface area contributed by atoms with E-state index in [9.17, 15) is 22.8 Å². The van der Waals surface area contributed by atoms with E-state index in [1.54, 1.807) is 18.2 Å². The predicted octanol–water partition coefficient (Wildman–Crippen LogP) is 3.36. The number of ether oxygens (including phenoxy) is 1. The van der Waals surface area contributed by atoms with Gasteiger partial charge in [-0.2, -0.15) is 13.2 Å². The molecule has 1 aromatic heterocycles. The number of carbonyl (C=O) groups excluding carboxylic acids is 2. The minimum Gasteiger partial charge on any atom is -0.462 e. The summed E-state index contributed by atoms with van der Waals surface area (Å²) in [6, 6.07) is 5.06. The normalized spacial score (nSPS) is 13.2. The van der Waals surface area contributed by atoms with Crippen LogP contribution in [-0.4, -0.2) is 27.9 Å². The number of nitrogens with zero attached hydrogens (tertiary/aromatic N) is 2. The molecule has 0 atom stereocenters. The molecular weight excluding hydrogens is 363 g/mol. The number of halogens is 3. The molecule has 0 saturated carbocycles. The minimum absolute atomic E-state index is 0.143. The van der Waals surface area contributed by atoms with Gasteiger partial charge in [0.15, 0.2) is 0 Å². The Balaban J connectivity index is 0.000000321. The summed E-state index contributed by atoms with van der Waals surface area (Å²) in [5.74, 6) is -1.31. The Morgan fingerprint density at radius 2 is 1.74 bits per heavy atom. The largest absolute Gasteiger partial charge is 0.462 e. The van der Waals surface area contributed by atoms with Crippen molar-refractivity contribution in [2.24, 2.45) is 0 Å². The number of hydrogen-bond donors (Lipinski definition) is 1. The fourth-order valence-electron chi connectivity index (χ4n) is 2.18. The summed E-state index contributed by atoms with van der Waals surface area (Å²) in [5, 5.41) is 2.67. The van der Waals surface area contributed by atoms with Crippen LogP contribution in [0.3, 0.4) is 0 Å². The second-order valence-corrected chi connectivity index (χ2v) is 6.67. The number of hydrogen-bond acceptors (Lipinski definition) is 5. The third kappa shape index (κ3) is 5.50. The highest BCUT2D eigenvalue weighted by Gasteiger charge is 2.34. The molecule has 1 aliphatic rings. The zero-order valence-corrected chi connectivity index (χ0v) is 14.9. The van der Waals surface area contributed by atoms with Crippen molar-refractivity contribution in [3.05, 3.63) is 47.5 Å². The maximum atomic E-state index is 12.4. The molecule has 0 fully saturated rings. The van der Waals surface area contributed by atoms with Crippen LogP contribution in [0.2, 0.25) is 0 Å². The zero-order valence-electron chi connectivity index (χ0n) is 14.9. The molecule has 3 rings (SSSR count). The molecule has 2 aromatic rings. The van der Waals surface area contributed by atoms with Crippen LogP contribution in [-0.2, 0) is 22.3 Å². The smallest absolute Gasteiger partial charge is 0.451 e. The lowest BCUT2D eigenvalue weighted by Gasteiger charge is -2.14. The topological polar surface area (TPSA) is 81.2 Å². The summed E-state index contributed by atoms with van der Waals surface area (Å²) in [6.45, 7) is 6.34. The van der Waals surface area contributed by atoms with Gasteiger partial charge in [0.2, 0.25) is 5.82 Å². The highest BCUT2D eigenvalue weighted by Crippen LogP contribution is 2.28. The fourth-order valence-corrected chi connectivity index (χ4v) is 2.18. The first-order chi connectivity index (χ1) is 12.5. The molecule has 0 spiro atoms. The lowest BCUT2D eigenvalue weighted by Crippen LogP contribution is -2.17. The molecule has 27 heavy (non-hydrogen) atoms. The molecule has 9 heteroatoms. The molecule has 1 aromatic carbocycles. The number of fused-ring (bicyclic) bond motifs is 1. The molecule has 1 aliphatic heterocycles.